The molecule has 7 rings (SSSR count). The normalized spacial score (nSPS) is 19.6. The maximum absolute atomic E-state index is 14.3. The largest absolute Gasteiger partial charge is 0.488 e. The van der Waals surface area contributed by atoms with Crippen LogP contribution < -0.4 is 14.4 Å². The molecule has 2 saturated heterocycles. The van der Waals surface area contributed by atoms with Crippen LogP contribution in [-0.4, -0.2) is 75.5 Å². The summed E-state index contributed by atoms with van der Waals surface area (Å²) in [7, 11) is 0. The van der Waals surface area contributed by atoms with Gasteiger partial charge in [-0.25, -0.2) is 14.2 Å². The summed E-state index contributed by atoms with van der Waals surface area (Å²) in [5, 5.41) is 18.5. The molecule has 2 atom stereocenters. The van der Waals surface area contributed by atoms with Gasteiger partial charge in [0.05, 0.1) is 53.5 Å². The molecule has 5 heterocycles. The second-order valence-electron chi connectivity index (χ2n) is 11.0. The summed E-state index contributed by atoms with van der Waals surface area (Å²) in [5.41, 5.74) is 2.41. The van der Waals surface area contributed by atoms with E-state index in [0.29, 0.717) is 42.7 Å². The van der Waals surface area contributed by atoms with Crippen LogP contribution in [0, 0.1) is 17.1 Å². The number of nitrogens with zero attached hydrogens (tertiary/aromatic N) is 6. The third-order valence-corrected chi connectivity index (χ3v) is 8.26. The van der Waals surface area contributed by atoms with E-state index < -0.39 is 11.8 Å². The third kappa shape index (κ3) is 5.33. The second-order valence-corrected chi connectivity index (χ2v) is 11.0. The molecule has 3 aliphatic rings. The lowest BCUT2D eigenvalue weighted by atomic mass is 10.1. The summed E-state index contributed by atoms with van der Waals surface area (Å²) >= 11 is 0. The summed E-state index contributed by atoms with van der Waals surface area (Å²) in [6, 6.07) is 14.9. The van der Waals surface area contributed by atoms with Gasteiger partial charge in [-0.15, -0.1) is 0 Å². The van der Waals surface area contributed by atoms with E-state index in [0.717, 1.165) is 49.5 Å². The Hall–Kier alpha value is -4.73. The lowest BCUT2D eigenvalue weighted by Crippen LogP contribution is -2.57. The zero-order valence-electron chi connectivity index (χ0n) is 23.3. The predicted octanol–water partition coefficient (Wildman–Crippen LogP) is 3.59. The summed E-state index contributed by atoms with van der Waals surface area (Å²) in [6.45, 7) is 4.69. The first-order valence-electron chi connectivity index (χ1n) is 14.2. The second kappa shape index (κ2) is 11.2. The number of anilines is 1. The van der Waals surface area contributed by atoms with Crippen LogP contribution in [0.15, 0.2) is 48.5 Å². The minimum atomic E-state index is -0.964. The molecule has 0 amide bonds. The number of imidazole rings is 1. The number of benzene rings is 2. The number of piperazine rings is 1. The van der Waals surface area contributed by atoms with Crippen LogP contribution in [0.25, 0.3) is 11.0 Å². The van der Waals surface area contributed by atoms with Crippen molar-refractivity contribution in [3.8, 4) is 17.7 Å². The van der Waals surface area contributed by atoms with E-state index in [9.17, 15) is 14.3 Å². The van der Waals surface area contributed by atoms with Gasteiger partial charge in [-0.1, -0.05) is 6.07 Å². The molecule has 0 saturated carbocycles. The zero-order chi connectivity index (χ0) is 29.5. The summed E-state index contributed by atoms with van der Waals surface area (Å²) < 4.78 is 34.0. The van der Waals surface area contributed by atoms with E-state index >= 15 is 0 Å². The molecule has 2 aromatic carbocycles. The number of rotatable bonds is 8. The SMILES string of the molecule is N#Cc1ccc(COc2ccc3c(n2)N2CCN(Cc4nc5ccc(C(=O)O)cc5n4C[C@@H]4CCO4)CC2CO3)c(F)c1. The van der Waals surface area contributed by atoms with Gasteiger partial charge in [0.15, 0.2) is 11.6 Å². The molecule has 220 valence electrons. The number of pyridine rings is 1. The van der Waals surface area contributed by atoms with Crippen molar-refractivity contribution in [2.75, 3.05) is 37.7 Å². The lowest BCUT2D eigenvalue weighted by molar-refractivity contribution is -0.0592. The van der Waals surface area contributed by atoms with Crippen molar-refractivity contribution in [3.63, 3.8) is 0 Å². The van der Waals surface area contributed by atoms with E-state index in [1.54, 1.807) is 36.4 Å². The fourth-order valence-corrected chi connectivity index (χ4v) is 5.84. The number of hydrogen-bond acceptors (Lipinski definition) is 9. The molecule has 1 N–H and O–H groups in total. The number of aromatic nitrogens is 3. The average molecular weight is 585 g/mol. The summed E-state index contributed by atoms with van der Waals surface area (Å²) in [6.07, 6.45) is 1.07. The van der Waals surface area contributed by atoms with Gasteiger partial charge in [0.25, 0.3) is 0 Å². The molecule has 1 unspecified atom stereocenters. The van der Waals surface area contributed by atoms with Crippen molar-refractivity contribution in [2.24, 2.45) is 0 Å². The number of hydrogen-bond donors (Lipinski definition) is 1. The van der Waals surface area contributed by atoms with Crippen LogP contribution in [0.3, 0.4) is 0 Å². The Morgan fingerprint density at radius 2 is 2.05 bits per heavy atom. The fraction of sp³-hybridized carbons (Fsp3) is 0.355. The Bertz CT molecular complexity index is 1750. The van der Waals surface area contributed by atoms with Gasteiger partial charge >= 0.3 is 5.97 Å². The number of carbonyl (C=O) groups is 1. The van der Waals surface area contributed by atoms with Crippen molar-refractivity contribution >= 4 is 22.8 Å². The number of carboxylic acids is 1. The highest BCUT2D eigenvalue weighted by molar-refractivity contribution is 5.92. The van der Waals surface area contributed by atoms with Crippen molar-refractivity contribution < 1.29 is 28.5 Å². The summed E-state index contributed by atoms with van der Waals surface area (Å²) in [5.74, 6) is 1.16. The molecule has 43 heavy (non-hydrogen) atoms. The average Bonchev–Trinajstić information content (AvgIpc) is 3.33. The van der Waals surface area contributed by atoms with Gasteiger partial charge in [-0.2, -0.15) is 10.2 Å². The molecule has 2 fully saturated rings. The van der Waals surface area contributed by atoms with Gasteiger partial charge in [0, 0.05) is 37.9 Å². The van der Waals surface area contributed by atoms with Gasteiger partial charge < -0.3 is 28.8 Å². The quantitative estimate of drug-likeness (QED) is 0.328. The molecule has 0 bridgehead atoms. The Kier molecular flexibility index (Phi) is 7.04. The van der Waals surface area contributed by atoms with Crippen molar-refractivity contribution in [1.82, 2.24) is 19.4 Å². The van der Waals surface area contributed by atoms with Crippen LogP contribution in [0.1, 0.15) is 33.7 Å². The minimum absolute atomic E-state index is 0.0117. The van der Waals surface area contributed by atoms with Crippen molar-refractivity contribution in [2.45, 2.75) is 38.3 Å². The van der Waals surface area contributed by atoms with E-state index in [-0.39, 0.29) is 29.9 Å². The van der Waals surface area contributed by atoms with Crippen LogP contribution >= 0.6 is 0 Å². The molecular formula is C31H29FN6O5. The van der Waals surface area contributed by atoms with Crippen molar-refractivity contribution in [1.29, 1.82) is 5.26 Å². The first kappa shape index (κ1) is 27.1. The van der Waals surface area contributed by atoms with Gasteiger partial charge in [-0.05, 0) is 42.8 Å². The van der Waals surface area contributed by atoms with Crippen LogP contribution in [0.5, 0.6) is 11.6 Å². The van der Waals surface area contributed by atoms with Crippen LogP contribution in [-0.2, 0) is 24.4 Å². The Balaban J connectivity index is 1.06. The van der Waals surface area contributed by atoms with Gasteiger partial charge in [-0.3, -0.25) is 4.90 Å². The molecule has 0 radical (unpaired) electrons. The van der Waals surface area contributed by atoms with E-state index in [1.165, 1.54) is 6.07 Å². The third-order valence-electron chi connectivity index (χ3n) is 8.26. The highest BCUT2D eigenvalue weighted by Crippen LogP contribution is 2.36. The number of halogens is 1. The maximum atomic E-state index is 14.3. The predicted molar refractivity (Wildman–Crippen MR) is 153 cm³/mol. The Morgan fingerprint density at radius 3 is 2.81 bits per heavy atom. The monoisotopic (exact) mass is 584 g/mol. The molecule has 12 heteroatoms. The number of aromatic carboxylic acids is 1. The molecular weight excluding hydrogens is 555 g/mol. The topological polar surface area (TPSA) is 126 Å². The highest BCUT2D eigenvalue weighted by Gasteiger charge is 2.35. The van der Waals surface area contributed by atoms with E-state index in [2.05, 4.69) is 14.4 Å². The number of fused-ring (bicyclic) bond motifs is 4. The fourth-order valence-electron chi connectivity index (χ4n) is 5.84. The lowest BCUT2D eigenvalue weighted by Gasteiger charge is -2.44. The Labute approximate surface area is 246 Å². The number of ether oxygens (including phenoxy) is 3. The van der Waals surface area contributed by atoms with Crippen LogP contribution in [0.4, 0.5) is 10.2 Å². The smallest absolute Gasteiger partial charge is 0.335 e. The van der Waals surface area contributed by atoms with Gasteiger partial charge in [0.2, 0.25) is 5.88 Å². The number of carboxylic acid groups (broad SMARTS) is 1. The number of nitriles is 1. The molecule has 11 nitrogen and oxygen atoms in total. The zero-order valence-corrected chi connectivity index (χ0v) is 23.3. The molecule has 2 aromatic heterocycles. The molecule has 0 aliphatic carbocycles. The maximum Gasteiger partial charge on any atom is 0.335 e. The molecule has 0 spiro atoms. The molecule has 4 aromatic rings. The van der Waals surface area contributed by atoms with E-state index in [1.807, 2.05) is 12.1 Å². The molecule has 3 aliphatic heterocycles. The minimum Gasteiger partial charge on any atom is -0.488 e. The standard InChI is InChI=1S/C31H29FN6O5/c32-24-11-19(13-33)1-2-21(24)17-43-29-6-5-27-30(35-29)37-9-8-36(14-22(37)18-42-27)16-28-34-25-4-3-20(31(39)40)12-26(25)38(28)15-23-7-10-41-23/h1-6,11-12,22-23H,7-10,14-18H2,(H,39,40)/t22?,23-/m0/s1. The first-order chi connectivity index (χ1) is 20.9. The summed E-state index contributed by atoms with van der Waals surface area (Å²) in [4.78, 5) is 25.8. The highest BCUT2D eigenvalue weighted by atomic mass is 19.1. The first-order valence-corrected chi connectivity index (χ1v) is 14.2. The van der Waals surface area contributed by atoms with E-state index in [4.69, 9.17) is 29.4 Å². The Morgan fingerprint density at radius 1 is 1.16 bits per heavy atom. The van der Waals surface area contributed by atoms with Gasteiger partial charge in [0.1, 0.15) is 24.9 Å². The van der Waals surface area contributed by atoms with Crippen LogP contribution in [0.2, 0.25) is 0 Å². The van der Waals surface area contributed by atoms with Crippen molar-refractivity contribution in [3.05, 3.63) is 76.9 Å².